The molecule has 1 N–H and O–H groups in total. The summed E-state index contributed by atoms with van der Waals surface area (Å²) in [6, 6.07) is 8.45. The van der Waals surface area contributed by atoms with Gasteiger partial charge in [0.25, 0.3) is 0 Å². The van der Waals surface area contributed by atoms with E-state index >= 15 is 0 Å². The molecule has 5 heteroatoms. The number of hydrogen-bond acceptors (Lipinski definition) is 5. The Balaban J connectivity index is 2.02. The van der Waals surface area contributed by atoms with E-state index in [9.17, 15) is 0 Å². The van der Waals surface area contributed by atoms with Crippen molar-refractivity contribution in [3.05, 3.63) is 40.9 Å². The molecule has 0 saturated carbocycles. The number of nitrogens with zero attached hydrogens (tertiary/aromatic N) is 2. The highest BCUT2D eigenvalue weighted by Crippen LogP contribution is 2.36. The first-order valence-corrected chi connectivity index (χ1v) is 8.05. The molecule has 0 aliphatic carbocycles. The minimum atomic E-state index is 0.935. The van der Waals surface area contributed by atoms with E-state index in [2.05, 4.69) is 46.9 Å². The van der Waals surface area contributed by atoms with Gasteiger partial charge in [-0.15, -0.1) is 22.7 Å². The van der Waals surface area contributed by atoms with Gasteiger partial charge in [0.2, 0.25) is 0 Å². The number of nitrogens with one attached hydrogen (secondary N) is 1. The van der Waals surface area contributed by atoms with Crippen LogP contribution in [0.2, 0.25) is 0 Å². The van der Waals surface area contributed by atoms with Crippen molar-refractivity contribution in [3.63, 3.8) is 0 Å². The van der Waals surface area contributed by atoms with Gasteiger partial charge < -0.3 is 5.32 Å². The topological polar surface area (TPSA) is 37.8 Å². The maximum Gasteiger partial charge on any atom is 0.182 e. The normalized spacial score (nSPS) is 10.8. The van der Waals surface area contributed by atoms with Crippen molar-refractivity contribution in [1.82, 2.24) is 9.97 Å². The second kappa shape index (κ2) is 5.34. The monoisotopic (exact) mass is 301 g/mol. The molecule has 0 atom stereocenters. The highest BCUT2D eigenvalue weighted by Gasteiger charge is 2.13. The number of aromatic nitrogens is 2. The van der Waals surface area contributed by atoms with Gasteiger partial charge in [-0.25, -0.2) is 9.97 Å². The third-order valence-corrected chi connectivity index (χ3v) is 5.10. The summed E-state index contributed by atoms with van der Waals surface area (Å²) in [6.45, 7) is 4.15. The number of benzene rings is 1. The van der Waals surface area contributed by atoms with Crippen molar-refractivity contribution in [1.29, 1.82) is 0 Å². The van der Waals surface area contributed by atoms with Crippen molar-refractivity contribution >= 4 is 27.8 Å². The van der Waals surface area contributed by atoms with Gasteiger partial charge in [0.1, 0.15) is 5.01 Å². The summed E-state index contributed by atoms with van der Waals surface area (Å²) >= 11 is 3.32. The summed E-state index contributed by atoms with van der Waals surface area (Å²) in [5.41, 5.74) is 4.48. The lowest BCUT2D eigenvalue weighted by atomic mass is 10.1. The molecule has 0 spiro atoms. The molecule has 0 amide bonds. The first-order valence-electron chi connectivity index (χ1n) is 6.35. The van der Waals surface area contributed by atoms with E-state index in [1.165, 1.54) is 11.1 Å². The zero-order chi connectivity index (χ0) is 14.1. The third-order valence-electron chi connectivity index (χ3n) is 3.01. The lowest BCUT2D eigenvalue weighted by Crippen LogP contribution is -1.85. The van der Waals surface area contributed by atoms with Crippen LogP contribution in [-0.4, -0.2) is 17.0 Å². The molecule has 0 aliphatic rings. The Morgan fingerprint density at radius 2 is 2.00 bits per heavy atom. The average molecular weight is 301 g/mol. The Labute approximate surface area is 126 Å². The molecule has 1 aromatic carbocycles. The van der Waals surface area contributed by atoms with Crippen LogP contribution in [0.1, 0.15) is 11.3 Å². The molecule has 0 radical (unpaired) electrons. The van der Waals surface area contributed by atoms with Gasteiger partial charge in [-0.2, -0.15) is 0 Å². The number of rotatable bonds is 3. The van der Waals surface area contributed by atoms with Gasteiger partial charge in [-0.05, 0) is 19.9 Å². The van der Waals surface area contributed by atoms with E-state index in [-0.39, 0.29) is 0 Å². The summed E-state index contributed by atoms with van der Waals surface area (Å²) < 4.78 is 0. The first-order chi connectivity index (χ1) is 9.67. The van der Waals surface area contributed by atoms with Crippen molar-refractivity contribution in [3.8, 4) is 21.1 Å². The maximum atomic E-state index is 4.70. The van der Waals surface area contributed by atoms with Crippen LogP contribution in [0.15, 0.2) is 29.6 Å². The van der Waals surface area contributed by atoms with Gasteiger partial charge in [-0.1, -0.05) is 23.8 Å². The summed E-state index contributed by atoms with van der Waals surface area (Å²) in [5, 5.41) is 7.14. The fourth-order valence-corrected chi connectivity index (χ4v) is 3.79. The zero-order valence-electron chi connectivity index (χ0n) is 11.6. The second-order valence-corrected chi connectivity index (χ2v) is 6.45. The van der Waals surface area contributed by atoms with Crippen LogP contribution >= 0.6 is 22.7 Å². The lowest BCUT2D eigenvalue weighted by molar-refractivity contribution is 1.25. The molecular formula is C15H15N3S2. The van der Waals surface area contributed by atoms with Gasteiger partial charge in [-0.3, -0.25) is 0 Å². The molecule has 2 aromatic heterocycles. The number of aryl methyl sites for hydroxylation is 2. The van der Waals surface area contributed by atoms with E-state index in [4.69, 9.17) is 4.98 Å². The molecule has 2 heterocycles. The van der Waals surface area contributed by atoms with Crippen molar-refractivity contribution in [2.24, 2.45) is 0 Å². The number of hydrogen-bond donors (Lipinski definition) is 1. The molecule has 0 fully saturated rings. The molecule has 102 valence electrons. The fraction of sp³-hybridized carbons (Fsp3) is 0.200. The van der Waals surface area contributed by atoms with Crippen LogP contribution in [0.25, 0.3) is 21.1 Å². The van der Waals surface area contributed by atoms with E-state index in [1.54, 1.807) is 22.7 Å². The Hall–Kier alpha value is -1.72. The summed E-state index contributed by atoms with van der Waals surface area (Å²) in [7, 11) is 1.89. The number of thiazole rings is 2. The molecule has 0 saturated heterocycles. The maximum absolute atomic E-state index is 4.70. The molecule has 3 nitrogen and oxygen atoms in total. The predicted octanol–water partition coefficient (Wildman–Crippen LogP) is 4.59. The van der Waals surface area contributed by atoms with E-state index in [0.717, 1.165) is 26.4 Å². The predicted molar refractivity (Wildman–Crippen MR) is 87.7 cm³/mol. The minimum Gasteiger partial charge on any atom is -0.365 e. The van der Waals surface area contributed by atoms with Crippen LogP contribution in [0, 0.1) is 13.8 Å². The highest BCUT2D eigenvalue weighted by atomic mass is 32.1. The van der Waals surface area contributed by atoms with Crippen LogP contribution in [0.5, 0.6) is 0 Å². The minimum absolute atomic E-state index is 0.935. The van der Waals surface area contributed by atoms with Crippen LogP contribution in [0.3, 0.4) is 0 Å². The summed E-state index contributed by atoms with van der Waals surface area (Å²) in [6.07, 6.45) is 0. The smallest absolute Gasteiger partial charge is 0.182 e. The van der Waals surface area contributed by atoms with Gasteiger partial charge in [0.05, 0.1) is 16.3 Å². The Morgan fingerprint density at radius 1 is 1.15 bits per heavy atom. The summed E-state index contributed by atoms with van der Waals surface area (Å²) in [5.74, 6) is 0. The Morgan fingerprint density at radius 3 is 2.70 bits per heavy atom. The van der Waals surface area contributed by atoms with Crippen molar-refractivity contribution in [2.75, 3.05) is 12.4 Å². The highest BCUT2D eigenvalue weighted by molar-refractivity contribution is 7.19. The van der Waals surface area contributed by atoms with Crippen molar-refractivity contribution < 1.29 is 0 Å². The molecule has 3 rings (SSSR count). The molecule has 0 bridgehead atoms. The largest absolute Gasteiger partial charge is 0.365 e. The molecular weight excluding hydrogens is 286 g/mol. The molecule has 20 heavy (non-hydrogen) atoms. The SMILES string of the molecule is CNc1nc(-c2sc(-c3cccc(C)c3)nc2C)cs1. The number of anilines is 1. The average Bonchev–Trinajstić information content (AvgIpc) is 3.04. The molecule has 0 aliphatic heterocycles. The molecule has 0 unspecified atom stereocenters. The van der Waals surface area contributed by atoms with Crippen LogP contribution < -0.4 is 5.32 Å². The van der Waals surface area contributed by atoms with E-state index in [1.807, 2.05) is 14.0 Å². The lowest BCUT2D eigenvalue weighted by Gasteiger charge is -1.96. The third kappa shape index (κ3) is 2.46. The molecule has 3 aromatic rings. The van der Waals surface area contributed by atoms with Gasteiger partial charge in [0.15, 0.2) is 5.13 Å². The zero-order valence-corrected chi connectivity index (χ0v) is 13.2. The van der Waals surface area contributed by atoms with Crippen LogP contribution in [0.4, 0.5) is 5.13 Å². The quantitative estimate of drug-likeness (QED) is 0.768. The van der Waals surface area contributed by atoms with Crippen molar-refractivity contribution in [2.45, 2.75) is 13.8 Å². The Kier molecular flexibility index (Phi) is 3.54. The van der Waals surface area contributed by atoms with E-state index in [0.29, 0.717) is 0 Å². The Bertz CT molecular complexity index is 743. The van der Waals surface area contributed by atoms with Crippen LogP contribution in [-0.2, 0) is 0 Å². The first kappa shape index (κ1) is 13.3. The second-order valence-electron chi connectivity index (χ2n) is 4.59. The van der Waals surface area contributed by atoms with Gasteiger partial charge >= 0.3 is 0 Å². The van der Waals surface area contributed by atoms with Gasteiger partial charge in [0, 0.05) is 18.0 Å². The summed E-state index contributed by atoms with van der Waals surface area (Å²) in [4.78, 5) is 10.4. The fourth-order valence-electron chi connectivity index (χ4n) is 2.03. The standard InChI is InChI=1S/C15H15N3S2/c1-9-5-4-6-11(7-9)14-17-10(2)13(20-14)12-8-19-15(16-3)18-12/h4-8H,1-3H3,(H,16,18). The van der Waals surface area contributed by atoms with E-state index < -0.39 is 0 Å².